The van der Waals surface area contributed by atoms with E-state index in [0.717, 1.165) is 0 Å². The predicted octanol–water partition coefficient (Wildman–Crippen LogP) is 1.10. The van der Waals surface area contributed by atoms with Crippen LogP contribution in [0.25, 0.3) is 0 Å². The minimum Gasteiger partial charge on any atom is -0.346 e. The summed E-state index contributed by atoms with van der Waals surface area (Å²) in [6.07, 6.45) is 6.91. The van der Waals surface area contributed by atoms with Gasteiger partial charge in [0.1, 0.15) is 5.69 Å². The van der Waals surface area contributed by atoms with Gasteiger partial charge in [0, 0.05) is 31.2 Å². The Balaban J connectivity index is 1.91. The molecule has 0 aliphatic carbocycles. The molecular formula is C12H14N4O. The number of hydrogen-bond acceptors (Lipinski definition) is 3. The van der Waals surface area contributed by atoms with Crippen molar-refractivity contribution >= 4 is 5.91 Å². The van der Waals surface area contributed by atoms with Gasteiger partial charge in [-0.2, -0.15) is 0 Å². The fraction of sp³-hybridized carbons (Fsp3) is 0.250. The molecule has 0 aliphatic heterocycles. The molecule has 0 aliphatic rings. The van der Waals surface area contributed by atoms with Crippen LogP contribution in [-0.4, -0.2) is 26.5 Å². The second-order valence-electron chi connectivity index (χ2n) is 3.85. The highest BCUT2D eigenvalue weighted by Gasteiger charge is 2.10. The normalized spacial score (nSPS) is 12.1. The smallest absolute Gasteiger partial charge is 0.270 e. The minimum absolute atomic E-state index is 0.0266. The Morgan fingerprint density at radius 3 is 3.00 bits per heavy atom. The van der Waals surface area contributed by atoms with Gasteiger partial charge in [-0.25, -0.2) is 4.98 Å². The molecule has 2 heterocycles. The molecule has 5 heteroatoms. The maximum atomic E-state index is 11.8. The molecule has 2 aromatic heterocycles. The molecule has 0 aromatic carbocycles. The van der Waals surface area contributed by atoms with E-state index in [1.807, 2.05) is 17.7 Å². The molecular weight excluding hydrogens is 216 g/mol. The van der Waals surface area contributed by atoms with Gasteiger partial charge in [0.2, 0.25) is 0 Å². The molecule has 88 valence electrons. The third kappa shape index (κ3) is 3.14. The summed E-state index contributed by atoms with van der Waals surface area (Å²) in [4.78, 5) is 19.7. The standard InChI is InChI=1S/C12H14N4O/c1-10(8-16-7-6-13-9-16)15-12(17)11-4-2-3-5-14-11/h2-7,9-10H,8H2,1H3,(H,15,17). The Kier molecular flexibility index (Phi) is 3.49. The number of rotatable bonds is 4. The van der Waals surface area contributed by atoms with Crippen LogP contribution >= 0.6 is 0 Å². The van der Waals surface area contributed by atoms with E-state index in [2.05, 4.69) is 15.3 Å². The fourth-order valence-electron chi connectivity index (χ4n) is 1.55. The van der Waals surface area contributed by atoms with Gasteiger partial charge in [0.05, 0.1) is 6.33 Å². The molecule has 0 radical (unpaired) electrons. The van der Waals surface area contributed by atoms with E-state index in [1.165, 1.54) is 0 Å². The summed E-state index contributed by atoms with van der Waals surface area (Å²) in [5.41, 5.74) is 0.435. The van der Waals surface area contributed by atoms with E-state index < -0.39 is 0 Å². The molecule has 2 rings (SSSR count). The Morgan fingerprint density at radius 2 is 2.35 bits per heavy atom. The van der Waals surface area contributed by atoms with Gasteiger partial charge in [0.15, 0.2) is 0 Å². The molecule has 0 fully saturated rings. The van der Waals surface area contributed by atoms with Crippen molar-refractivity contribution in [3.05, 3.63) is 48.8 Å². The number of amides is 1. The highest BCUT2D eigenvalue weighted by molar-refractivity contribution is 5.92. The molecule has 0 spiro atoms. The number of carbonyl (C=O) groups excluding carboxylic acids is 1. The predicted molar refractivity (Wildman–Crippen MR) is 63.4 cm³/mol. The highest BCUT2D eigenvalue weighted by atomic mass is 16.1. The Hall–Kier alpha value is -2.17. The number of carbonyl (C=O) groups is 1. The van der Waals surface area contributed by atoms with E-state index in [4.69, 9.17) is 0 Å². The van der Waals surface area contributed by atoms with Crippen molar-refractivity contribution in [1.82, 2.24) is 19.9 Å². The van der Waals surface area contributed by atoms with Gasteiger partial charge in [-0.15, -0.1) is 0 Å². The maximum Gasteiger partial charge on any atom is 0.270 e. The van der Waals surface area contributed by atoms with Crippen molar-refractivity contribution in [3.63, 3.8) is 0 Å². The van der Waals surface area contributed by atoms with Crippen LogP contribution in [-0.2, 0) is 6.54 Å². The second kappa shape index (κ2) is 5.25. The van der Waals surface area contributed by atoms with Crippen LogP contribution in [0.4, 0.5) is 0 Å². The van der Waals surface area contributed by atoms with Crippen LogP contribution in [0.5, 0.6) is 0 Å². The summed E-state index contributed by atoms with van der Waals surface area (Å²) >= 11 is 0. The molecule has 17 heavy (non-hydrogen) atoms. The molecule has 1 amide bonds. The molecule has 0 bridgehead atoms. The largest absolute Gasteiger partial charge is 0.346 e. The molecule has 0 saturated heterocycles. The van der Waals surface area contributed by atoms with Crippen LogP contribution < -0.4 is 5.32 Å². The van der Waals surface area contributed by atoms with Crippen LogP contribution in [0, 0.1) is 0 Å². The van der Waals surface area contributed by atoms with E-state index in [1.54, 1.807) is 36.9 Å². The van der Waals surface area contributed by atoms with Gasteiger partial charge in [-0.1, -0.05) is 6.07 Å². The van der Waals surface area contributed by atoms with Gasteiger partial charge < -0.3 is 9.88 Å². The first-order chi connectivity index (χ1) is 8.25. The maximum absolute atomic E-state index is 11.8. The number of imidazole rings is 1. The van der Waals surface area contributed by atoms with Gasteiger partial charge in [-0.3, -0.25) is 9.78 Å². The number of aromatic nitrogens is 3. The van der Waals surface area contributed by atoms with Crippen LogP contribution in [0.1, 0.15) is 17.4 Å². The lowest BCUT2D eigenvalue weighted by Gasteiger charge is -2.13. The van der Waals surface area contributed by atoms with Crippen LogP contribution in [0.3, 0.4) is 0 Å². The average molecular weight is 230 g/mol. The second-order valence-corrected chi connectivity index (χ2v) is 3.85. The lowest BCUT2D eigenvalue weighted by Crippen LogP contribution is -2.35. The summed E-state index contributed by atoms with van der Waals surface area (Å²) < 4.78 is 1.92. The summed E-state index contributed by atoms with van der Waals surface area (Å²) in [6.45, 7) is 2.64. The van der Waals surface area contributed by atoms with Crippen molar-refractivity contribution < 1.29 is 4.79 Å². The third-order valence-electron chi connectivity index (χ3n) is 2.32. The Morgan fingerprint density at radius 1 is 1.47 bits per heavy atom. The van der Waals surface area contributed by atoms with Gasteiger partial charge in [-0.05, 0) is 19.1 Å². The first-order valence-corrected chi connectivity index (χ1v) is 5.43. The molecule has 0 saturated carbocycles. The Labute approximate surface area is 99.5 Å². The summed E-state index contributed by atoms with van der Waals surface area (Å²) in [5, 5.41) is 2.88. The number of nitrogens with one attached hydrogen (secondary N) is 1. The SMILES string of the molecule is CC(Cn1ccnc1)NC(=O)c1ccccn1. The van der Waals surface area contributed by atoms with Gasteiger partial charge >= 0.3 is 0 Å². The van der Waals surface area contributed by atoms with Crippen molar-refractivity contribution in [1.29, 1.82) is 0 Å². The highest BCUT2D eigenvalue weighted by Crippen LogP contribution is 1.96. The van der Waals surface area contributed by atoms with Crippen LogP contribution in [0.15, 0.2) is 43.1 Å². The molecule has 1 N–H and O–H groups in total. The number of hydrogen-bond donors (Lipinski definition) is 1. The zero-order chi connectivity index (χ0) is 12.1. The van der Waals surface area contributed by atoms with Crippen LogP contribution in [0.2, 0.25) is 0 Å². The first kappa shape index (κ1) is 11.3. The summed E-state index contributed by atoms with van der Waals surface area (Å²) in [6, 6.07) is 5.30. The fourth-order valence-corrected chi connectivity index (χ4v) is 1.55. The molecule has 5 nitrogen and oxygen atoms in total. The van der Waals surface area contributed by atoms with Gasteiger partial charge in [0.25, 0.3) is 5.91 Å². The Bertz CT molecular complexity index is 467. The summed E-state index contributed by atoms with van der Waals surface area (Å²) in [5.74, 6) is -0.154. The number of nitrogens with zero attached hydrogens (tertiary/aromatic N) is 3. The van der Waals surface area contributed by atoms with Crippen molar-refractivity contribution in [2.45, 2.75) is 19.5 Å². The van der Waals surface area contributed by atoms with E-state index in [0.29, 0.717) is 12.2 Å². The molecule has 2 aromatic rings. The monoisotopic (exact) mass is 230 g/mol. The topological polar surface area (TPSA) is 59.8 Å². The van der Waals surface area contributed by atoms with E-state index in [-0.39, 0.29) is 11.9 Å². The minimum atomic E-state index is -0.154. The van der Waals surface area contributed by atoms with Crippen molar-refractivity contribution in [2.75, 3.05) is 0 Å². The quantitative estimate of drug-likeness (QED) is 0.855. The average Bonchev–Trinajstić information content (AvgIpc) is 2.82. The zero-order valence-electron chi connectivity index (χ0n) is 9.58. The van der Waals surface area contributed by atoms with Crippen molar-refractivity contribution in [3.8, 4) is 0 Å². The first-order valence-electron chi connectivity index (χ1n) is 5.43. The molecule has 1 atom stereocenters. The lowest BCUT2D eigenvalue weighted by atomic mass is 10.3. The number of pyridine rings is 1. The zero-order valence-corrected chi connectivity index (χ0v) is 9.58. The molecule has 1 unspecified atom stereocenters. The third-order valence-corrected chi connectivity index (χ3v) is 2.32. The lowest BCUT2D eigenvalue weighted by molar-refractivity contribution is 0.0931. The van der Waals surface area contributed by atoms with E-state index in [9.17, 15) is 4.79 Å². The summed E-state index contributed by atoms with van der Waals surface area (Å²) in [7, 11) is 0. The van der Waals surface area contributed by atoms with E-state index >= 15 is 0 Å². The van der Waals surface area contributed by atoms with Crippen molar-refractivity contribution in [2.24, 2.45) is 0 Å².